The fraction of sp³-hybridized carbons (Fsp3) is 0.538. The van der Waals surface area contributed by atoms with Crippen molar-refractivity contribution in [1.82, 2.24) is 4.72 Å². The molecule has 0 aromatic heterocycles. The van der Waals surface area contributed by atoms with Crippen LogP contribution in [0.15, 0.2) is 27.6 Å². The molecule has 1 aromatic rings. The molecular weight excluding hydrogens is 380 g/mol. The van der Waals surface area contributed by atoms with Crippen LogP contribution in [0.5, 0.6) is 5.75 Å². The Morgan fingerprint density at radius 2 is 2.10 bits per heavy atom. The van der Waals surface area contributed by atoms with E-state index in [9.17, 15) is 8.42 Å². The summed E-state index contributed by atoms with van der Waals surface area (Å²) in [6.07, 6.45) is 2.67. The first-order valence-corrected chi connectivity index (χ1v) is 8.78. The molecule has 1 unspecified atom stereocenters. The minimum Gasteiger partial charge on any atom is -0.497 e. The van der Waals surface area contributed by atoms with E-state index in [1.807, 2.05) is 0 Å². The third-order valence-electron chi connectivity index (χ3n) is 2.94. The van der Waals surface area contributed by atoms with Crippen molar-refractivity contribution in [3.05, 3.63) is 22.7 Å². The molecular formula is C13H22BrClN2O3S. The van der Waals surface area contributed by atoms with E-state index in [4.69, 9.17) is 10.5 Å². The quantitative estimate of drug-likeness (QED) is 0.701. The normalized spacial score (nSPS) is 12.6. The van der Waals surface area contributed by atoms with Crippen LogP contribution in [-0.4, -0.2) is 28.1 Å². The third kappa shape index (κ3) is 6.12. The maximum absolute atomic E-state index is 12.4. The average molecular weight is 402 g/mol. The van der Waals surface area contributed by atoms with Crippen LogP contribution >= 0.6 is 28.3 Å². The van der Waals surface area contributed by atoms with Crippen molar-refractivity contribution < 1.29 is 13.2 Å². The van der Waals surface area contributed by atoms with Crippen LogP contribution in [0.25, 0.3) is 0 Å². The smallest absolute Gasteiger partial charge is 0.242 e. The van der Waals surface area contributed by atoms with Gasteiger partial charge in [0.1, 0.15) is 5.75 Å². The average Bonchev–Trinajstić information content (AvgIpc) is 2.43. The highest BCUT2D eigenvalue weighted by molar-refractivity contribution is 9.10. The fourth-order valence-corrected chi connectivity index (χ4v) is 4.04. The summed E-state index contributed by atoms with van der Waals surface area (Å²) in [5, 5.41) is 0. The number of unbranched alkanes of at least 4 members (excludes halogenated alkanes) is 1. The standard InChI is InChI=1S/C13H21BrN2O3S.ClH/c1-3-4-5-10(9-15)16-20(17,18)13-8-11(19-2)6-7-12(13)14;/h6-8,10,16H,3-5,9,15H2,1-2H3;1H. The number of methoxy groups -OCH3 is 1. The molecule has 0 aliphatic carbocycles. The van der Waals surface area contributed by atoms with Gasteiger partial charge in [-0.3, -0.25) is 0 Å². The Hall–Kier alpha value is -0.340. The second-order valence-electron chi connectivity index (χ2n) is 4.49. The van der Waals surface area contributed by atoms with E-state index in [-0.39, 0.29) is 29.9 Å². The Labute approximate surface area is 141 Å². The Morgan fingerprint density at radius 1 is 1.43 bits per heavy atom. The number of hydrogen-bond acceptors (Lipinski definition) is 4. The van der Waals surface area contributed by atoms with Gasteiger partial charge in [-0.05, 0) is 34.5 Å². The number of nitrogens with two attached hydrogens (primary N) is 1. The highest BCUT2D eigenvalue weighted by Crippen LogP contribution is 2.26. The van der Waals surface area contributed by atoms with E-state index in [2.05, 4.69) is 27.6 Å². The van der Waals surface area contributed by atoms with Gasteiger partial charge >= 0.3 is 0 Å². The van der Waals surface area contributed by atoms with Gasteiger partial charge in [0.15, 0.2) is 0 Å². The number of halogens is 2. The van der Waals surface area contributed by atoms with E-state index >= 15 is 0 Å². The van der Waals surface area contributed by atoms with Crippen molar-refractivity contribution in [1.29, 1.82) is 0 Å². The van der Waals surface area contributed by atoms with Crippen molar-refractivity contribution in [3.8, 4) is 5.75 Å². The van der Waals surface area contributed by atoms with Crippen molar-refractivity contribution in [2.24, 2.45) is 5.73 Å². The lowest BCUT2D eigenvalue weighted by molar-refractivity contribution is 0.413. The zero-order valence-corrected chi connectivity index (χ0v) is 15.4. The summed E-state index contributed by atoms with van der Waals surface area (Å²) in [5.41, 5.74) is 5.63. The van der Waals surface area contributed by atoms with Crippen molar-refractivity contribution in [3.63, 3.8) is 0 Å². The van der Waals surface area contributed by atoms with Crippen LogP contribution in [0.1, 0.15) is 26.2 Å². The molecule has 1 aromatic carbocycles. The van der Waals surface area contributed by atoms with Gasteiger partial charge in [-0.2, -0.15) is 0 Å². The largest absolute Gasteiger partial charge is 0.497 e. The maximum Gasteiger partial charge on any atom is 0.242 e. The van der Waals surface area contributed by atoms with Gasteiger partial charge in [-0.25, -0.2) is 13.1 Å². The van der Waals surface area contributed by atoms with Crippen LogP contribution in [0.3, 0.4) is 0 Å². The molecule has 5 nitrogen and oxygen atoms in total. The van der Waals surface area contributed by atoms with E-state index in [0.29, 0.717) is 10.2 Å². The molecule has 0 saturated carbocycles. The van der Waals surface area contributed by atoms with E-state index in [1.54, 1.807) is 12.1 Å². The molecule has 0 aliphatic rings. The van der Waals surface area contributed by atoms with Gasteiger partial charge in [0.25, 0.3) is 0 Å². The molecule has 0 heterocycles. The SMILES string of the molecule is CCCCC(CN)NS(=O)(=O)c1cc(OC)ccc1Br.Cl. The molecule has 0 aliphatic heterocycles. The second-order valence-corrected chi connectivity index (χ2v) is 7.03. The molecule has 1 atom stereocenters. The van der Waals surface area contributed by atoms with Gasteiger partial charge in [0.2, 0.25) is 10.0 Å². The van der Waals surface area contributed by atoms with Gasteiger partial charge in [0, 0.05) is 23.1 Å². The number of hydrogen-bond donors (Lipinski definition) is 2. The molecule has 122 valence electrons. The zero-order chi connectivity index (χ0) is 15.2. The van der Waals surface area contributed by atoms with Gasteiger partial charge in [-0.1, -0.05) is 19.8 Å². The lowest BCUT2D eigenvalue weighted by Crippen LogP contribution is -2.40. The molecule has 0 amide bonds. The highest BCUT2D eigenvalue weighted by atomic mass is 79.9. The summed E-state index contributed by atoms with van der Waals surface area (Å²) in [7, 11) is -2.13. The highest BCUT2D eigenvalue weighted by Gasteiger charge is 2.22. The van der Waals surface area contributed by atoms with E-state index in [0.717, 1.165) is 19.3 Å². The molecule has 8 heteroatoms. The summed E-state index contributed by atoms with van der Waals surface area (Å²) in [4.78, 5) is 0.159. The fourth-order valence-electron chi connectivity index (χ4n) is 1.77. The molecule has 0 spiro atoms. The summed E-state index contributed by atoms with van der Waals surface area (Å²) in [5.74, 6) is 0.492. The van der Waals surface area contributed by atoms with Crippen molar-refractivity contribution in [2.45, 2.75) is 37.1 Å². The molecule has 0 bridgehead atoms. The number of rotatable bonds is 8. The number of benzene rings is 1. The molecule has 21 heavy (non-hydrogen) atoms. The lowest BCUT2D eigenvalue weighted by atomic mass is 10.1. The summed E-state index contributed by atoms with van der Waals surface area (Å²) in [6, 6.07) is 4.58. The summed E-state index contributed by atoms with van der Waals surface area (Å²) >= 11 is 3.25. The number of ether oxygens (including phenoxy) is 1. The first-order chi connectivity index (χ1) is 9.44. The van der Waals surface area contributed by atoms with Crippen LogP contribution in [0, 0.1) is 0 Å². The predicted octanol–water partition coefficient (Wildman–Crippen LogP) is 2.68. The summed E-state index contributed by atoms with van der Waals surface area (Å²) in [6.45, 7) is 2.33. The molecule has 0 saturated heterocycles. The van der Waals surface area contributed by atoms with Crippen molar-refractivity contribution in [2.75, 3.05) is 13.7 Å². The zero-order valence-electron chi connectivity index (χ0n) is 12.1. The minimum absolute atomic E-state index is 0. The first kappa shape index (κ1) is 20.7. The van der Waals surface area contributed by atoms with Gasteiger partial charge in [-0.15, -0.1) is 12.4 Å². The van der Waals surface area contributed by atoms with E-state index < -0.39 is 10.0 Å². The molecule has 0 radical (unpaired) electrons. The monoisotopic (exact) mass is 400 g/mol. The van der Waals surface area contributed by atoms with Crippen LogP contribution < -0.4 is 15.2 Å². The van der Waals surface area contributed by atoms with Crippen LogP contribution in [0.2, 0.25) is 0 Å². The molecule has 0 fully saturated rings. The predicted molar refractivity (Wildman–Crippen MR) is 90.6 cm³/mol. The van der Waals surface area contributed by atoms with Crippen LogP contribution in [0.4, 0.5) is 0 Å². The van der Waals surface area contributed by atoms with Crippen molar-refractivity contribution >= 4 is 38.4 Å². The first-order valence-electron chi connectivity index (χ1n) is 6.50. The third-order valence-corrected chi connectivity index (χ3v) is 5.45. The number of nitrogens with one attached hydrogen (secondary N) is 1. The Morgan fingerprint density at radius 3 is 2.62 bits per heavy atom. The lowest BCUT2D eigenvalue weighted by Gasteiger charge is -2.17. The Bertz CT molecular complexity index is 540. The Balaban J connectivity index is 0.00000400. The minimum atomic E-state index is -3.62. The van der Waals surface area contributed by atoms with Gasteiger partial charge in [0.05, 0.1) is 12.0 Å². The Kier molecular flexibility index (Phi) is 9.48. The molecule has 3 N–H and O–H groups in total. The second kappa shape index (κ2) is 9.63. The van der Waals surface area contributed by atoms with Crippen LogP contribution in [-0.2, 0) is 10.0 Å². The number of sulfonamides is 1. The topological polar surface area (TPSA) is 81.4 Å². The molecule has 1 rings (SSSR count). The summed E-state index contributed by atoms with van der Waals surface area (Å²) < 4.78 is 33.0. The maximum atomic E-state index is 12.4. The van der Waals surface area contributed by atoms with Gasteiger partial charge < -0.3 is 10.5 Å². The van der Waals surface area contributed by atoms with E-state index in [1.165, 1.54) is 13.2 Å².